The molecule has 1 N–H and O–H groups in total. The largest absolute Gasteiger partial charge is 0.359 e. The number of nitrogens with zero attached hydrogens (tertiary/aromatic N) is 1. The first-order chi connectivity index (χ1) is 10.5. The van der Waals surface area contributed by atoms with Crippen LogP contribution in [0.1, 0.15) is 40.6 Å². The SMILES string of the molecule is CC1=N/C(=C(\c2ccc(C)[nH]2)c2c(C)cc(C)cc2C)C=C1. The molecule has 0 fully saturated rings. The van der Waals surface area contributed by atoms with Crippen molar-refractivity contribution in [2.45, 2.75) is 34.6 Å². The number of hydrogen-bond acceptors (Lipinski definition) is 1. The molecule has 0 aliphatic carbocycles. The van der Waals surface area contributed by atoms with E-state index in [9.17, 15) is 0 Å². The summed E-state index contributed by atoms with van der Waals surface area (Å²) in [6, 6.07) is 8.75. The monoisotopic (exact) mass is 290 g/mol. The van der Waals surface area contributed by atoms with Crippen LogP contribution in [-0.2, 0) is 0 Å². The van der Waals surface area contributed by atoms with E-state index in [2.05, 4.69) is 69.1 Å². The zero-order valence-electron chi connectivity index (χ0n) is 13.9. The molecule has 0 saturated carbocycles. The number of nitrogens with one attached hydrogen (secondary N) is 1. The van der Waals surface area contributed by atoms with Crippen LogP contribution in [0, 0.1) is 27.7 Å². The van der Waals surface area contributed by atoms with Crippen molar-refractivity contribution in [1.29, 1.82) is 0 Å². The van der Waals surface area contributed by atoms with Crippen molar-refractivity contribution in [3.05, 3.63) is 75.8 Å². The third kappa shape index (κ3) is 2.57. The Balaban J connectivity index is 2.31. The number of allylic oxidation sites excluding steroid dienone is 2. The smallest absolute Gasteiger partial charge is 0.0732 e. The molecule has 2 heterocycles. The Morgan fingerprint density at radius 2 is 1.59 bits per heavy atom. The fourth-order valence-electron chi connectivity index (χ4n) is 3.23. The molecule has 2 aromatic rings. The molecule has 1 aliphatic rings. The van der Waals surface area contributed by atoms with Gasteiger partial charge in [-0.05, 0) is 75.6 Å². The van der Waals surface area contributed by atoms with Crippen LogP contribution in [0.5, 0.6) is 0 Å². The first-order valence-corrected chi connectivity index (χ1v) is 7.67. The topological polar surface area (TPSA) is 28.1 Å². The van der Waals surface area contributed by atoms with E-state index in [1.165, 1.54) is 27.8 Å². The predicted octanol–water partition coefficient (Wildman–Crippen LogP) is 5.04. The van der Waals surface area contributed by atoms with Crippen LogP contribution in [0.4, 0.5) is 0 Å². The Bertz CT molecular complexity index is 806. The molecule has 0 atom stereocenters. The molecule has 0 spiro atoms. The second-order valence-electron chi connectivity index (χ2n) is 6.18. The lowest BCUT2D eigenvalue weighted by atomic mass is 9.91. The highest BCUT2D eigenvalue weighted by Gasteiger charge is 2.18. The van der Waals surface area contributed by atoms with E-state index in [1.807, 2.05) is 6.92 Å². The molecular formula is C20H22N2. The summed E-state index contributed by atoms with van der Waals surface area (Å²) >= 11 is 0. The number of hydrogen-bond donors (Lipinski definition) is 1. The standard InChI is InChI=1S/C20H22N2/c1-12-10-13(2)19(14(3)11-12)20(17-8-6-15(4)21-17)18-9-7-16(5)22-18/h6-11,21H,1-5H3/b20-18+. The number of aromatic nitrogens is 1. The van der Waals surface area contributed by atoms with Crippen molar-refractivity contribution in [2.24, 2.45) is 4.99 Å². The molecule has 0 radical (unpaired) electrons. The molecule has 2 heteroatoms. The van der Waals surface area contributed by atoms with Crippen LogP contribution < -0.4 is 0 Å². The lowest BCUT2D eigenvalue weighted by Crippen LogP contribution is -1.99. The maximum atomic E-state index is 4.72. The molecule has 3 rings (SSSR count). The van der Waals surface area contributed by atoms with Gasteiger partial charge in [-0.1, -0.05) is 17.7 Å². The normalized spacial score (nSPS) is 16.1. The fourth-order valence-corrected chi connectivity index (χ4v) is 3.23. The van der Waals surface area contributed by atoms with Crippen LogP contribution in [-0.4, -0.2) is 10.7 Å². The molecule has 0 unspecified atom stereocenters. The third-order valence-corrected chi connectivity index (χ3v) is 4.06. The van der Waals surface area contributed by atoms with E-state index >= 15 is 0 Å². The molecule has 0 bridgehead atoms. The van der Waals surface area contributed by atoms with Gasteiger partial charge in [-0.2, -0.15) is 0 Å². The Hall–Kier alpha value is -2.35. The number of H-pyrrole nitrogens is 1. The Morgan fingerprint density at radius 3 is 2.09 bits per heavy atom. The average Bonchev–Trinajstić information content (AvgIpc) is 3.02. The van der Waals surface area contributed by atoms with Gasteiger partial charge in [0.05, 0.1) is 5.70 Å². The maximum Gasteiger partial charge on any atom is 0.0732 e. The molecule has 2 nitrogen and oxygen atoms in total. The Kier molecular flexibility index (Phi) is 3.61. The van der Waals surface area contributed by atoms with Crippen LogP contribution in [0.3, 0.4) is 0 Å². The zero-order chi connectivity index (χ0) is 15.9. The Labute approximate surface area is 132 Å². The third-order valence-electron chi connectivity index (χ3n) is 4.06. The average molecular weight is 290 g/mol. The maximum absolute atomic E-state index is 4.72. The lowest BCUT2D eigenvalue weighted by Gasteiger charge is -2.16. The van der Waals surface area contributed by atoms with Crippen molar-refractivity contribution in [3.63, 3.8) is 0 Å². The second-order valence-corrected chi connectivity index (χ2v) is 6.18. The molecule has 22 heavy (non-hydrogen) atoms. The summed E-state index contributed by atoms with van der Waals surface area (Å²) < 4.78 is 0. The van der Waals surface area contributed by atoms with E-state index in [1.54, 1.807) is 0 Å². The second kappa shape index (κ2) is 5.45. The number of aliphatic imine (C=N–C) groups is 1. The summed E-state index contributed by atoms with van der Waals surface area (Å²) in [5, 5.41) is 0. The highest BCUT2D eigenvalue weighted by Crippen LogP contribution is 2.34. The number of aryl methyl sites for hydroxylation is 4. The van der Waals surface area contributed by atoms with Gasteiger partial charge in [0.1, 0.15) is 0 Å². The quantitative estimate of drug-likeness (QED) is 0.802. The summed E-state index contributed by atoms with van der Waals surface area (Å²) in [4.78, 5) is 8.20. The van der Waals surface area contributed by atoms with Gasteiger partial charge in [0.2, 0.25) is 0 Å². The molecule has 1 aliphatic heterocycles. The van der Waals surface area contributed by atoms with Crippen LogP contribution in [0.15, 0.2) is 47.1 Å². The first kappa shape index (κ1) is 14.6. The molecule has 0 amide bonds. The fraction of sp³-hybridized carbons (Fsp3) is 0.250. The van der Waals surface area contributed by atoms with Gasteiger partial charge in [-0.3, -0.25) is 4.99 Å². The lowest BCUT2D eigenvalue weighted by molar-refractivity contribution is 1.21. The highest BCUT2D eigenvalue weighted by molar-refractivity contribution is 5.99. The van der Waals surface area contributed by atoms with Crippen molar-refractivity contribution < 1.29 is 0 Å². The van der Waals surface area contributed by atoms with Crippen LogP contribution in [0.2, 0.25) is 0 Å². The molecular weight excluding hydrogens is 268 g/mol. The summed E-state index contributed by atoms with van der Waals surface area (Å²) in [7, 11) is 0. The van der Waals surface area contributed by atoms with Crippen LogP contribution in [0.25, 0.3) is 5.57 Å². The number of aromatic amines is 1. The highest BCUT2D eigenvalue weighted by atomic mass is 14.8. The molecule has 1 aromatic carbocycles. The van der Waals surface area contributed by atoms with Crippen LogP contribution >= 0.6 is 0 Å². The molecule has 1 aromatic heterocycles. The minimum atomic E-state index is 1.04. The Morgan fingerprint density at radius 1 is 0.909 bits per heavy atom. The summed E-state index contributed by atoms with van der Waals surface area (Å²) in [6.45, 7) is 10.6. The summed E-state index contributed by atoms with van der Waals surface area (Å²) in [6.07, 6.45) is 4.18. The van der Waals surface area contributed by atoms with Gasteiger partial charge in [-0.25, -0.2) is 0 Å². The summed E-state index contributed by atoms with van der Waals surface area (Å²) in [5.74, 6) is 0. The molecule has 112 valence electrons. The van der Waals surface area contributed by atoms with Crippen molar-refractivity contribution in [3.8, 4) is 0 Å². The number of rotatable bonds is 2. The van der Waals surface area contributed by atoms with Crippen molar-refractivity contribution >= 4 is 11.3 Å². The summed E-state index contributed by atoms with van der Waals surface area (Å²) in [5.41, 5.74) is 10.7. The van der Waals surface area contributed by atoms with Gasteiger partial charge >= 0.3 is 0 Å². The van der Waals surface area contributed by atoms with Gasteiger partial charge in [0.25, 0.3) is 0 Å². The van der Waals surface area contributed by atoms with E-state index in [0.29, 0.717) is 0 Å². The molecule has 0 saturated heterocycles. The predicted molar refractivity (Wildman–Crippen MR) is 94.5 cm³/mol. The minimum Gasteiger partial charge on any atom is -0.359 e. The van der Waals surface area contributed by atoms with Crippen molar-refractivity contribution in [2.75, 3.05) is 0 Å². The first-order valence-electron chi connectivity index (χ1n) is 7.67. The van der Waals surface area contributed by atoms with Gasteiger partial charge in [0.15, 0.2) is 0 Å². The van der Waals surface area contributed by atoms with E-state index in [-0.39, 0.29) is 0 Å². The van der Waals surface area contributed by atoms with Gasteiger partial charge in [-0.15, -0.1) is 0 Å². The minimum absolute atomic E-state index is 1.04. The zero-order valence-corrected chi connectivity index (χ0v) is 13.9. The van der Waals surface area contributed by atoms with Crippen molar-refractivity contribution in [1.82, 2.24) is 4.98 Å². The van der Waals surface area contributed by atoms with E-state index < -0.39 is 0 Å². The number of benzene rings is 1. The van der Waals surface area contributed by atoms with Gasteiger partial charge < -0.3 is 4.98 Å². The van der Waals surface area contributed by atoms with E-state index in [4.69, 9.17) is 4.99 Å². The van der Waals surface area contributed by atoms with Gasteiger partial charge in [0, 0.05) is 22.7 Å². The van der Waals surface area contributed by atoms with E-state index in [0.717, 1.165) is 22.8 Å².